The Hall–Kier alpha value is -4.29. The van der Waals surface area contributed by atoms with Crippen molar-refractivity contribution in [3.05, 3.63) is 41.8 Å². The molecule has 1 atom stereocenters. The van der Waals surface area contributed by atoms with Gasteiger partial charge in [-0.2, -0.15) is 10.1 Å². The molecule has 5 N–H and O–H groups in total. The number of hydrogen-bond acceptors (Lipinski definition) is 10. The molecule has 2 rings (SSSR count). The number of aromatic nitrogens is 2. The van der Waals surface area contributed by atoms with Crippen LogP contribution in [0.5, 0.6) is 0 Å². The van der Waals surface area contributed by atoms with Crippen LogP contribution in [0.3, 0.4) is 0 Å². The molecule has 0 aliphatic heterocycles. The topological polar surface area (TPSA) is 159 Å². The summed E-state index contributed by atoms with van der Waals surface area (Å²) in [4.78, 5) is 39.0. The second kappa shape index (κ2) is 14.6. The molecule has 0 aliphatic carbocycles. The van der Waals surface area contributed by atoms with E-state index in [1.54, 1.807) is 46.0 Å². The predicted molar refractivity (Wildman–Crippen MR) is 151 cm³/mol. The lowest BCUT2D eigenvalue weighted by Crippen LogP contribution is -2.47. The summed E-state index contributed by atoms with van der Waals surface area (Å²) in [5, 5.41) is 12.7. The molecule has 2 amide bonds. The van der Waals surface area contributed by atoms with Crippen LogP contribution in [0.4, 0.5) is 26.6 Å². The first-order valence-electron chi connectivity index (χ1n) is 12.6. The van der Waals surface area contributed by atoms with E-state index < -0.39 is 17.7 Å². The summed E-state index contributed by atoms with van der Waals surface area (Å²) in [7, 11) is 1.51. The summed E-state index contributed by atoms with van der Waals surface area (Å²) in [6.07, 6.45) is 3.28. The molecule has 12 nitrogen and oxygen atoms in total. The van der Waals surface area contributed by atoms with Crippen molar-refractivity contribution in [1.82, 2.24) is 20.2 Å². The van der Waals surface area contributed by atoms with Gasteiger partial charge in [-0.15, -0.1) is 0 Å². The quantitative estimate of drug-likeness (QED) is 0.137. The van der Waals surface area contributed by atoms with E-state index in [1.165, 1.54) is 30.3 Å². The Morgan fingerprint density at radius 2 is 2.03 bits per heavy atom. The average Bonchev–Trinajstić information content (AvgIpc) is 2.88. The minimum Gasteiger partial charge on any atom is -0.444 e. The standard InChI is InChI=1S/C26H38FN9O3/c1-7-11-30-22-20(15-32-24(34-22)33-19-10-8-9-18(27)14-19)21(35-28)16-29-12-13-31-23(37)17(2)36(6)25(38)39-26(3,4)5/h8-10,14-17H,7,11-13,28H2,1-6H3,(H,31,37)(H2,30,32,33,34)/t17-/m0/s1. The summed E-state index contributed by atoms with van der Waals surface area (Å²) in [5.41, 5.74) is 0.701. The lowest BCUT2D eigenvalue weighted by atomic mass is 10.2. The van der Waals surface area contributed by atoms with Crippen molar-refractivity contribution in [2.24, 2.45) is 15.9 Å². The second-order valence-electron chi connectivity index (χ2n) is 9.63. The van der Waals surface area contributed by atoms with Gasteiger partial charge in [0.15, 0.2) is 0 Å². The first kappa shape index (κ1) is 30.9. The van der Waals surface area contributed by atoms with Crippen molar-refractivity contribution in [1.29, 1.82) is 0 Å². The summed E-state index contributed by atoms with van der Waals surface area (Å²) < 4.78 is 18.8. The number of likely N-dealkylation sites (N-methyl/N-ethyl adjacent to an activating group) is 1. The Balaban J connectivity index is 2.01. The van der Waals surface area contributed by atoms with Crippen LogP contribution in [0.25, 0.3) is 0 Å². The number of amides is 2. The van der Waals surface area contributed by atoms with E-state index >= 15 is 0 Å². The predicted octanol–water partition coefficient (Wildman–Crippen LogP) is 3.29. The lowest BCUT2D eigenvalue weighted by molar-refractivity contribution is -0.125. The number of nitrogens with zero attached hydrogens (tertiary/aromatic N) is 5. The van der Waals surface area contributed by atoms with Gasteiger partial charge in [0, 0.05) is 38.2 Å². The third-order valence-corrected chi connectivity index (χ3v) is 5.22. The van der Waals surface area contributed by atoms with Gasteiger partial charge in [-0.3, -0.25) is 14.7 Å². The highest BCUT2D eigenvalue weighted by atomic mass is 19.1. The van der Waals surface area contributed by atoms with Gasteiger partial charge < -0.3 is 26.5 Å². The molecule has 2 aromatic rings. The van der Waals surface area contributed by atoms with Gasteiger partial charge >= 0.3 is 6.09 Å². The van der Waals surface area contributed by atoms with Crippen LogP contribution >= 0.6 is 0 Å². The Bertz CT molecular complexity index is 1180. The number of carbonyl (C=O) groups is 2. The van der Waals surface area contributed by atoms with Crippen molar-refractivity contribution in [3.63, 3.8) is 0 Å². The number of nitrogens with two attached hydrogens (primary N) is 1. The molecule has 0 spiro atoms. The van der Waals surface area contributed by atoms with E-state index in [2.05, 4.69) is 36.0 Å². The van der Waals surface area contributed by atoms with Gasteiger partial charge in [0.2, 0.25) is 11.9 Å². The fourth-order valence-electron chi connectivity index (χ4n) is 3.09. The summed E-state index contributed by atoms with van der Waals surface area (Å²) in [6.45, 7) is 10.0. The Morgan fingerprint density at radius 3 is 2.67 bits per heavy atom. The monoisotopic (exact) mass is 543 g/mol. The molecule has 1 aromatic heterocycles. The number of ether oxygens (including phenoxy) is 1. The molecule has 39 heavy (non-hydrogen) atoms. The van der Waals surface area contributed by atoms with E-state index in [9.17, 15) is 14.0 Å². The Kier molecular flexibility index (Phi) is 11.6. The molecular weight excluding hydrogens is 505 g/mol. The summed E-state index contributed by atoms with van der Waals surface area (Å²) in [5.74, 6) is 5.65. The van der Waals surface area contributed by atoms with Crippen molar-refractivity contribution < 1.29 is 18.7 Å². The zero-order valence-corrected chi connectivity index (χ0v) is 23.3. The van der Waals surface area contributed by atoms with Crippen molar-refractivity contribution in [3.8, 4) is 0 Å². The number of aliphatic imine (C=N–C) groups is 1. The largest absolute Gasteiger partial charge is 0.444 e. The van der Waals surface area contributed by atoms with Crippen molar-refractivity contribution >= 4 is 41.4 Å². The van der Waals surface area contributed by atoms with E-state index in [-0.39, 0.29) is 30.8 Å². The molecule has 0 radical (unpaired) electrons. The van der Waals surface area contributed by atoms with Gasteiger partial charge in [0.05, 0.1) is 12.1 Å². The highest BCUT2D eigenvalue weighted by Gasteiger charge is 2.26. The number of halogens is 1. The number of hydrogen-bond donors (Lipinski definition) is 4. The molecule has 0 unspecified atom stereocenters. The maximum atomic E-state index is 13.5. The van der Waals surface area contributed by atoms with Crippen LogP contribution in [-0.2, 0) is 9.53 Å². The summed E-state index contributed by atoms with van der Waals surface area (Å²) >= 11 is 0. The maximum Gasteiger partial charge on any atom is 0.410 e. The third-order valence-electron chi connectivity index (χ3n) is 5.22. The molecule has 0 aliphatic rings. The molecule has 0 saturated heterocycles. The van der Waals surface area contributed by atoms with Crippen LogP contribution in [0.15, 0.2) is 40.6 Å². The van der Waals surface area contributed by atoms with Crippen molar-refractivity contribution in [2.45, 2.75) is 52.7 Å². The number of rotatable bonds is 12. The molecular formula is C26H38FN9O3. The highest BCUT2D eigenvalue weighted by Crippen LogP contribution is 2.19. The van der Waals surface area contributed by atoms with Gasteiger partial charge in [-0.1, -0.05) is 13.0 Å². The minimum absolute atomic E-state index is 0.230. The van der Waals surface area contributed by atoms with Gasteiger partial charge in [-0.05, 0) is 52.3 Å². The normalized spacial score (nSPS) is 12.6. The lowest BCUT2D eigenvalue weighted by Gasteiger charge is -2.28. The zero-order valence-electron chi connectivity index (χ0n) is 23.3. The van der Waals surface area contributed by atoms with Gasteiger partial charge in [0.1, 0.15) is 29.0 Å². The minimum atomic E-state index is -0.728. The average molecular weight is 544 g/mol. The number of carbonyl (C=O) groups excluding carboxylic acids is 2. The van der Waals surface area contributed by atoms with Gasteiger partial charge in [0.25, 0.3) is 0 Å². The first-order chi connectivity index (χ1) is 18.4. The van der Waals surface area contributed by atoms with Crippen LogP contribution < -0.4 is 21.8 Å². The van der Waals surface area contributed by atoms with Crippen LogP contribution in [0.1, 0.15) is 46.6 Å². The maximum absolute atomic E-state index is 13.5. The molecule has 0 saturated carbocycles. The number of hydrazone groups is 1. The molecule has 1 aromatic carbocycles. The second-order valence-corrected chi connectivity index (χ2v) is 9.63. The van der Waals surface area contributed by atoms with Crippen molar-refractivity contribution in [2.75, 3.05) is 37.3 Å². The number of anilines is 3. The Labute approximate surface area is 228 Å². The molecule has 0 fully saturated rings. The fraction of sp³-hybridized carbons (Fsp3) is 0.462. The van der Waals surface area contributed by atoms with Crippen LogP contribution in [0.2, 0.25) is 0 Å². The SMILES string of the molecule is CCCNc1nc(Nc2cccc(F)c2)ncc1C(C=NCCNC(=O)[C@H](C)N(C)C(=O)OC(C)(C)C)=NN. The first-order valence-corrected chi connectivity index (χ1v) is 12.6. The Morgan fingerprint density at radius 1 is 1.28 bits per heavy atom. The fourth-order valence-corrected chi connectivity index (χ4v) is 3.09. The zero-order chi connectivity index (χ0) is 29.0. The molecule has 13 heteroatoms. The number of nitrogens with one attached hydrogen (secondary N) is 3. The van der Waals surface area contributed by atoms with Crippen LogP contribution in [0, 0.1) is 5.82 Å². The smallest absolute Gasteiger partial charge is 0.410 e. The van der Waals surface area contributed by atoms with E-state index in [4.69, 9.17) is 10.6 Å². The number of benzene rings is 1. The highest BCUT2D eigenvalue weighted by molar-refractivity contribution is 6.39. The molecule has 1 heterocycles. The van der Waals surface area contributed by atoms with Gasteiger partial charge in [-0.25, -0.2) is 14.2 Å². The van der Waals surface area contributed by atoms with E-state index in [0.717, 1.165) is 6.42 Å². The summed E-state index contributed by atoms with van der Waals surface area (Å²) in [6, 6.07) is 5.24. The van der Waals surface area contributed by atoms with Crippen LogP contribution in [-0.4, -0.2) is 77.1 Å². The molecule has 212 valence electrons. The molecule has 0 bridgehead atoms. The van der Waals surface area contributed by atoms with E-state index in [0.29, 0.717) is 29.3 Å². The third kappa shape index (κ3) is 10.2. The van der Waals surface area contributed by atoms with E-state index in [1.807, 2.05) is 6.92 Å².